The van der Waals surface area contributed by atoms with Gasteiger partial charge in [0.2, 0.25) is 11.6 Å². The molecular formula is C52H45N9. The van der Waals surface area contributed by atoms with Crippen molar-refractivity contribution in [2.75, 3.05) is 0 Å². The average molecular weight is 796 g/mol. The Morgan fingerprint density at radius 2 is 1.18 bits per heavy atom. The van der Waals surface area contributed by atoms with Crippen LogP contribution in [0.2, 0.25) is 0 Å². The fourth-order valence-electron chi connectivity index (χ4n) is 10.7. The molecule has 12 aromatic rings. The van der Waals surface area contributed by atoms with E-state index in [1.54, 1.807) is 0 Å². The van der Waals surface area contributed by atoms with Gasteiger partial charge in [0, 0.05) is 45.4 Å². The summed E-state index contributed by atoms with van der Waals surface area (Å²) < 4.78 is 11.7. The molecule has 0 bridgehead atoms. The van der Waals surface area contributed by atoms with Gasteiger partial charge in [-0.3, -0.25) is 22.3 Å². The van der Waals surface area contributed by atoms with E-state index in [0.717, 1.165) is 89.4 Å². The highest BCUT2D eigenvalue weighted by atomic mass is 15.3. The highest BCUT2D eigenvalue weighted by molar-refractivity contribution is 6.14. The molecule has 8 heterocycles. The molecule has 1 aliphatic rings. The number of aromatic nitrogens is 9. The van der Waals surface area contributed by atoms with Crippen LogP contribution in [0.5, 0.6) is 0 Å². The zero-order chi connectivity index (χ0) is 41.6. The Morgan fingerprint density at radius 3 is 1.87 bits per heavy atom. The maximum Gasteiger partial charge on any atom is 0.221 e. The van der Waals surface area contributed by atoms with E-state index in [0.29, 0.717) is 0 Å². The summed E-state index contributed by atoms with van der Waals surface area (Å²) in [6, 6.07) is 35.6. The van der Waals surface area contributed by atoms with E-state index in [-0.39, 0.29) is 16.2 Å². The van der Waals surface area contributed by atoms with Crippen LogP contribution in [0.3, 0.4) is 0 Å². The average Bonchev–Trinajstić information content (AvgIpc) is 4.05. The fourth-order valence-corrected chi connectivity index (χ4v) is 10.7. The first-order valence-corrected chi connectivity index (χ1v) is 21.3. The standard InChI is InChI=1S/C52H45N9/c1-28-13-10-17-36-44(28)55-48-57(31-19-20-32-33-15-12-16-35-46(33)61-42(52(8,9)51(35,6)7)27-54-47(61)34(32)24-31)38-25-41-40(26-39(38)58(36)48)59-37-18-11-14-29(2)45(37)56-49(59)60(41)43-23-30(21-22-53-43)50(3,4)5/h10-27H,1-9H3. The summed E-state index contributed by atoms with van der Waals surface area (Å²) in [4.78, 5) is 21.1. The second kappa shape index (κ2) is 11.0. The van der Waals surface area contributed by atoms with Crippen LogP contribution in [0.15, 0.2) is 109 Å². The van der Waals surface area contributed by atoms with E-state index >= 15 is 0 Å². The molecule has 5 aromatic carbocycles. The lowest BCUT2D eigenvalue weighted by Crippen LogP contribution is -2.44. The fraction of sp³-hybridized carbons (Fsp3) is 0.231. The molecule has 0 saturated heterocycles. The van der Waals surface area contributed by atoms with E-state index in [1.165, 1.54) is 33.1 Å². The lowest BCUT2D eigenvalue weighted by atomic mass is 9.61. The smallest absolute Gasteiger partial charge is 0.221 e. The predicted octanol–water partition coefficient (Wildman–Crippen LogP) is 12.0. The molecule has 0 saturated carbocycles. The van der Waals surface area contributed by atoms with Gasteiger partial charge in [-0.15, -0.1) is 0 Å². The summed E-state index contributed by atoms with van der Waals surface area (Å²) >= 11 is 0. The molecule has 0 spiro atoms. The van der Waals surface area contributed by atoms with Gasteiger partial charge in [0.1, 0.15) is 11.5 Å². The van der Waals surface area contributed by atoms with E-state index in [4.69, 9.17) is 19.9 Å². The second-order valence-corrected chi connectivity index (χ2v) is 19.5. The number of benzene rings is 5. The Labute approximate surface area is 351 Å². The molecule has 0 aliphatic carbocycles. The maximum absolute atomic E-state index is 5.46. The van der Waals surface area contributed by atoms with Crippen LogP contribution in [-0.2, 0) is 16.2 Å². The van der Waals surface area contributed by atoms with Crippen LogP contribution < -0.4 is 0 Å². The van der Waals surface area contributed by atoms with Crippen LogP contribution in [0, 0.1) is 13.8 Å². The lowest BCUT2D eigenvalue weighted by molar-refractivity contribution is 0.288. The van der Waals surface area contributed by atoms with Crippen molar-refractivity contribution in [2.45, 2.75) is 78.6 Å². The van der Waals surface area contributed by atoms with Gasteiger partial charge in [-0.2, -0.15) is 0 Å². The van der Waals surface area contributed by atoms with Crippen molar-refractivity contribution in [3.05, 3.63) is 137 Å². The Balaban J connectivity index is 1.19. The van der Waals surface area contributed by atoms with Crippen LogP contribution in [0.4, 0.5) is 0 Å². The number of fused-ring (bicyclic) bond motifs is 13. The van der Waals surface area contributed by atoms with Gasteiger partial charge in [-0.05, 0) is 95.4 Å². The highest BCUT2D eigenvalue weighted by Crippen LogP contribution is 2.51. The number of nitrogens with zero attached hydrogens (tertiary/aromatic N) is 9. The first-order chi connectivity index (χ1) is 29.2. The van der Waals surface area contributed by atoms with Crippen molar-refractivity contribution in [2.24, 2.45) is 0 Å². The Kier molecular flexibility index (Phi) is 6.30. The third kappa shape index (κ3) is 4.16. The number of hydrogen-bond donors (Lipinski definition) is 0. The number of aryl methyl sites for hydroxylation is 2. The largest absolute Gasteiger partial charge is 0.295 e. The van der Waals surface area contributed by atoms with Crippen molar-refractivity contribution in [3.63, 3.8) is 0 Å². The molecule has 61 heavy (non-hydrogen) atoms. The van der Waals surface area contributed by atoms with E-state index in [1.807, 2.05) is 6.20 Å². The third-order valence-corrected chi connectivity index (χ3v) is 14.7. The number of rotatable bonds is 2. The summed E-state index contributed by atoms with van der Waals surface area (Å²) in [5.41, 5.74) is 17.4. The minimum Gasteiger partial charge on any atom is -0.295 e. The van der Waals surface area contributed by atoms with Crippen molar-refractivity contribution >= 4 is 83.0 Å². The second-order valence-electron chi connectivity index (χ2n) is 19.5. The normalized spacial score (nSPS) is 15.2. The van der Waals surface area contributed by atoms with E-state index < -0.39 is 0 Å². The SMILES string of the molecule is Cc1cccc2c1nc1n(-c3ccc4c(c3)c3ncc5n3c3c(cccc43)C(C)(C)C5(C)C)c3cc4c(cc3n21)n1c2cccc(C)c2nc1n4-c1cc(C(C)(C)C)ccn1. The van der Waals surface area contributed by atoms with Gasteiger partial charge in [0.15, 0.2) is 0 Å². The minimum absolute atomic E-state index is 0.0608. The number of para-hydroxylation sites is 3. The zero-order valence-electron chi connectivity index (χ0n) is 35.9. The molecule has 9 heteroatoms. The molecule has 7 aromatic heterocycles. The predicted molar refractivity (Wildman–Crippen MR) is 248 cm³/mol. The number of pyridine rings is 2. The first-order valence-electron chi connectivity index (χ1n) is 21.3. The Hall–Kier alpha value is -7.00. The quantitative estimate of drug-likeness (QED) is 0.163. The highest BCUT2D eigenvalue weighted by Gasteiger charge is 2.46. The molecule has 0 atom stereocenters. The zero-order valence-corrected chi connectivity index (χ0v) is 35.9. The van der Waals surface area contributed by atoms with Gasteiger partial charge in [0.05, 0.1) is 49.7 Å². The van der Waals surface area contributed by atoms with Gasteiger partial charge in [0.25, 0.3) is 0 Å². The third-order valence-electron chi connectivity index (χ3n) is 14.7. The number of hydrogen-bond acceptors (Lipinski definition) is 4. The van der Waals surface area contributed by atoms with Crippen LogP contribution in [-0.4, -0.2) is 42.3 Å². The van der Waals surface area contributed by atoms with Crippen molar-refractivity contribution in [1.29, 1.82) is 0 Å². The molecule has 298 valence electrons. The van der Waals surface area contributed by atoms with Crippen LogP contribution in [0.1, 0.15) is 76.4 Å². The summed E-state index contributed by atoms with van der Waals surface area (Å²) in [5, 5.41) is 3.56. The van der Waals surface area contributed by atoms with Crippen molar-refractivity contribution in [3.8, 4) is 11.5 Å². The Morgan fingerprint density at radius 1 is 0.541 bits per heavy atom. The molecule has 9 nitrogen and oxygen atoms in total. The summed E-state index contributed by atoms with van der Waals surface area (Å²) in [7, 11) is 0. The molecule has 0 radical (unpaired) electrons. The molecule has 0 N–H and O–H groups in total. The van der Waals surface area contributed by atoms with Gasteiger partial charge in [-0.25, -0.2) is 19.9 Å². The van der Waals surface area contributed by atoms with Crippen molar-refractivity contribution in [1.82, 2.24) is 42.3 Å². The topological polar surface area (TPSA) is 74.7 Å². The van der Waals surface area contributed by atoms with Gasteiger partial charge < -0.3 is 0 Å². The number of imidazole rings is 5. The molecular weight excluding hydrogens is 751 g/mol. The van der Waals surface area contributed by atoms with Crippen LogP contribution >= 0.6 is 0 Å². The molecule has 0 unspecified atom stereocenters. The van der Waals surface area contributed by atoms with E-state index in [2.05, 4.69) is 188 Å². The van der Waals surface area contributed by atoms with Gasteiger partial charge in [-0.1, -0.05) is 97.0 Å². The van der Waals surface area contributed by atoms with Crippen molar-refractivity contribution < 1.29 is 0 Å². The summed E-state index contributed by atoms with van der Waals surface area (Å²) in [5.74, 6) is 2.53. The van der Waals surface area contributed by atoms with Gasteiger partial charge >= 0.3 is 0 Å². The monoisotopic (exact) mass is 795 g/mol. The summed E-state index contributed by atoms with van der Waals surface area (Å²) in [6.45, 7) is 20.5. The molecule has 13 rings (SSSR count). The van der Waals surface area contributed by atoms with E-state index in [9.17, 15) is 0 Å². The lowest BCUT2D eigenvalue weighted by Gasteiger charge is -2.45. The first kappa shape index (κ1) is 34.8. The maximum atomic E-state index is 5.46. The minimum atomic E-state index is -0.138. The molecule has 0 fully saturated rings. The Bertz CT molecular complexity index is 3940. The van der Waals surface area contributed by atoms with Crippen LogP contribution in [0.25, 0.3) is 94.5 Å². The molecule has 0 amide bonds. The summed E-state index contributed by atoms with van der Waals surface area (Å²) in [6.07, 6.45) is 4.04. The molecule has 1 aliphatic heterocycles.